The van der Waals surface area contributed by atoms with E-state index in [1.54, 1.807) is 0 Å². The lowest BCUT2D eigenvalue weighted by molar-refractivity contribution is 1.31. The van der Waals surface area contributed by atoms with Gasteiger partial charge < -0.3 is 9.97 Å². The van der Waals surface area contributed by atoms with Crippen LogP contribution in [-0.2, 0) is 0 Å². The Hall–Kier alpha value is -9.92. The molecule has 8 bridgehead atoms. The van der Waals surface area contributed by atoms with Crippen molar-refractivity contribution in [1.82, 2.24) is 39.9 Å². The van der Waals surface area contributed by atoms with Crippen molar-refractivity contribution in [3.63, 3.8) is 0 Å². The van der Waals surface area contributed by atoms with E-state index in [9.17, 15) is 0 Å². The molecule has 0 spiro atoms. The van der Waals surface area contributed by atoms with Gasteiger partial charge in [0.05, 0.1) is 45.6 Å². The van der Waals surface area contributed by atoms with Crippen molar-refractivity contribution in [1.29, 1.82) is 0 Å². The maximum Gasteiger partial charge on any atom is 0.0737 e. The van der Waals surface area contributed by atoms with Gasteiger partial charge in [0.2, 0.25) is 0 Å². The van der Waals surface area contributed by atoms with Crippen LogP contribution in [0.5, 0.6) is 0 Å². The summed E-state index contributed by atoms with van der Waals surface area (Å²) in [4.78, 5) is 37.4. The molecular formula is C64H42N8. The second-order valence-electron chi connectivity index (χ2n) is 17.7. The number of pyridine rings is 4. The molecule has 2 N–H and O–H groups in total. The molecule has 0 atom stereocenters. The number of H-pyrrole nitrogens is 2. The highest BCUT2D eigenvalue weighted by Crippen LogP contribution is 2.40. The number of benzene rings is 4. The molecule has 8 nitrogen and oxygen atoms in total. The summed E-state index contributed by atoms with van der Waals surface area (Å²) in [5.41, 5.74) is 22.7. The van der Waals surface area contributed by atoms with Gasteiger partial charge in [-0.1, -0.05) is 121 Å². The molecule has 13 rings (SSSR count). The van der Waals surface area contributed by atoms with Crippen molar-refractivity contribution in [2.24, 2.45) is 0 Å². The predicted octanol–water partition coefficient (Wildman–Crippen LogP) is 15.6. The highest BCUT2D eigenvalue weighted by Gasteiger charge is 2.20. The van der Waals surface area contributed by atoms with Crippen LogP contribution in [0.1, 0.15) is 22.8 Å². The van der Waals surface area contributed by atoms with Crippen LogP contribution in [0.4, 0.5) is 0 Å². The molecule has 4 aromatic carbocycles. The van der Waals surface area contributed by atoms with E-state index in [0.717, 1.165) is 134 Å². The quantitative estimate of drug-likeness (QED) is 0.157. The number of nitrogens with zero attached hydrogens (tertiary/aromatic N) is 6. The van der Waals surface area contributed by atoms with Crippen LogP contribution in [0.15, 0.2) is 219 Å². The van der Waals surface area contributed by atoms with E-state index >= 15 is 0 Å². The smallest absolute Gasteiger partial charge is 0.0737 e. The second-order valence-corrected chi connectivity index (χ2v) is 17.7. The number of fused-ring (bicyclic) bond motifs is 8. The molecule has 9 heterocycles. The molecule has 0 amide bonds. The summed E-state index contributed by atoms with van der Waals surface area (Å²) in [6.07, 6.45) is 15.8. The van der Waals surface area contributed by atoms with Crippen molar-refractivity contribution < 1.29 is 0 Å². The zero-order chi connectivity index (χ0) is 47.8. The molecule has 0 saturated heterocycles. The molecule has 338 valence electrons. The maximum atomic E-state index is 5.55. The lowest BCUT2D eigenvalue weighted by atomic mass is 10.0. The number of nitrogens with one attached hydrogen (secondary N) is 2. The van der Waals surface area contributed by atoms with E-state index in [-0.39, 0.29) is 0 Å². The molecule has 2 aliphatic rings. The van der Waals surface area contributed by atoms with Crippen molar-refractivity contribution in [3.05, 3.63) is 242 Å². The summed E-state index contributed by atoms with van der Waals surface area (Å²) in [5, 5.41) is 0. The van der Waals surface area contributed by atoms with Crippen LogP contribution in [0, 0.1) is 0 Å². The topological polar surface area (TPSA) is 109 Å². The van der Waals surface area contributed by atoms with Gasteiger partial charge in [-0.15, -0.1) is 0 Å². The van der Waals surface area contributed by atoms with Gasteiger partial charge in [0, 0.05) is 91.4 Å². The first-order valence-electron chi connectivity index (χ1n) is 23.9. The fraction of sp³-hybridized carbons (Fsp3) is 0. The minimum Gasteiger partial charge on any atom is -0.354 e. The zero-order valence-electron chi connectivity index (χ0n) is 38.8. The molecule has 0 saturated carbocycles. The number of aromatic amines is 2. The highest BCUT2D eigenvalue weighted by molar-refractivity contribution is 6.00. The molecule has 0 radical (unpaired) electrons. The molecule has 72 heavy (non-hydrogen) atoms. The number of hydrogen-bond acceptors (Lipinski definition) is 6. The van der Waals surface area contributed by atoms with Crippen LogP contribution in [0.2, 0.25) is 0 Å². The lowest BCUT2D eigenvalue weighted by Gasteiger charge is -2.09. The van der Waals surface area contributed by atoms with Gasteiger partial charge in [-0.3, -0.25) is 19.9 Å². The number of hydrogen-bond donors (Lipinski definition) is 2. The fourth-order valence-electron chi connectivity index (χ4n) is 9.78. The number of rotatable bonds is 8. The minimum absolute atomic E-state index is 0.834. The van der Waals surface area contributed by atoms with E-state index in [2.05, 4.69) is 176 Å². The summed E-state index contributed by atoms with van der Waals surface area (Å²) in [7, 11) is 0. The van der Waals surface area contributed by atoms with Gasteiger partial charge >= 0.3 is 0 Å². The first-order chi connectivity index (χ1) is 35.7. The fourth-order valence-corrected chi connectivity index (χ4v) is 9.78. The minimum atomic E-state index is 0.834. The lowest BCUT2D eigenvalue weighted by Crippen LogP contribution is -1.90. The van der Waals surface area contributed by atoms with Crippen molar-refractivity contribution in [2.75, 3.05) is 0 Å². The predicted molar refractivity (Wildman–Crippen MR) is 294 cm³/mol. The monoisotopic (exact) mass is 922 g/mol. The summed E-state index contributed by atoms with van der Waals surface area (Å²) >= 11 is 0. The Balaban J connectivity index is 1.09. The number of aromatic nitrogens is 8. The Labute approximate surface area is 415 Å². The summed E-state index contributed by atoms with van der Waals surface area (Å²) in [5.74, 6) is 0. The van der Waals surface area contributed by atoms with Crippen molar-refractivity contribution >= 4 is 46.4 Å². The van der Waals surface area contributed by atoms with Crippen LogP contribution >= 0.6 is 0 Å². The average Bonchev–Trinajstić information content (AvgIpc) is 4.32. The largest absolute Gasteiger partial charge is 0.354 e. The maximum absolute atomic E-state index is 5.55. The van der Waals surface area contributed by atoms with Crippen molar-refractivity contribution in [3.8, 4) is 89.5 Å². The third-order valence-electron chi connectivity index (χ3n) is 13.3. The van der Waals surface area contributed by atoms with Gasteiger partial charge in [-0.25, -0.2) is 9.97 Å². The van der Waals surface area contributed by atoms with E-state index in [0.29, 0.717) is 0 Å². The third kappa shape index (κ3) is 7.98. The summed E-state index contributed by atoms with van der Waals surface area (Å²) < 4.78 is 0. The second kappa shape index (κ2) is 18.2. The van der Waals surface area contributed by atoms with E-state index in [4.69, 9.17) is 9.97 Å². The van der Waals surface area contributed by atoms with E-state index in [1.807, 2.05) is 97.6 Å². The molecule has 7 aromatic heterocycles. The molecule has 11 aromatic rings. The molecule has 0 aliphatic carbocycles. The van der Waals surface area contributed by atoms with E-state index < -0.39 is 0 Å². The molecule has 0 fully saturated rings. The van der Waals surface area contributed by atoms with Gasteiger partial charge in [0.15, 0.2) is 0 Å². The average molecular weight is 923 g/mol. The molecule has 2 aliphatic heterocycles. The molecule has 0 unspecified atom stereocenters. The summed E-state index contributed by atoms with van der Waals surface area (Å²) in [6, 6.07) is 67.0. The Morgan fingerprint density at radius 1 is 0.222 bits per heavy atom. The molecule has 8 heteroatoms. The Morgan fingerprint density at radius 3 is 0.653 bits per heavy atom. The van der Waals surface area contributed by atoms with E-state index in [1.165, 1.54) is 0 Å². The highest BCUT2D eigenvalue weighted by atomic mass is 14.8. The van der Waals surface area contributed by atoms with Gasteiger partial charge in [0.25, 0.3) is 0 Å². The third-order valence-corrected chi connectivity index (χ3v) is 13.3. The van der Waals surface area contributed by atoms with Gasteiger partial charge in [-0.05, 0) is 119 Å². The SMILES string of the molecule is C1=Cc2nc1c(-c1ccc(-c3ccccn3)cc1)c1ccc([nH]1)c(-c1ccc(-c3ccccn3)cc1)c1nc(c(-c3ccc(-c4ccccn4)cc3)c3ccc([nH]3)c2-c2ccc(-c3ccccn3)cc2)C=C1. The van der Waals surface area contributed by atoms with Crippen molar-refractivity contribution in [2.45, 2.75) is 0 Å². The Morgan fingerprint density at radius 2 is 0.444 bits per heavy atom. The first kappa shape index (κ1) is 42.2. The van der Waals surface area contributed by atoms with Crippen LogP contribution in [0.3, 0.4) is 0 Å². The first-order valence-corrected chi connectivity index (χ1v) is 23.9. The Bertz CT molecular complexity index is 3490. The van der Waals surface area contributed by atoms with Crippen LogP contribution in [0.25, 0.3) is 136 Å². The van der Waals surface area contributed by atoms with Gasteiger partial charge in [0.1, 0.15) is 0 Å². The molecular weight excluding hydrogens is 881 g/mol. The van der Waals surface area contributed by atoms with Crippen LogP contribution < -0.4 is 0 Å². The zero-order valence-corrected chi connectivity index (χ0v) is 38.8. The summed E-state index contributed by atoms with van der Waals surface area (Å²) in [6.45, 7) is 0. The van der Waals surface area contributed by atoms with Crippen LogP contribution in [-0.4, -0.2) is 39.9 Å². The van der Waals surface area contributed by atoms with Gasteiger partial charge in [-0.2, -0.15) is 0 Å². The Kier molecular flexibility index (Phi) is 10.7. The normalized spacial score (nSPS) is 11.8. The standard InChI is InChI=1S/C64H42N8/c1-5-37-65-49(9-1)41-13-21-45(22-14-41)61-53-29-31-55(69-53)62(46-23-15-42(16-24-46)50-10-2-6-38-66-50)57-33-35-59(71-57)64(48-27-19-44(20-28-48)52-12-4-8-40-68-52)60-36-34-58(72-60)63(56-32-30-54(61)70-56)47-25-17-43(18-26-47)51-11-3-7-39-67-51/h1-40,69,72H.